The molecule has 1 heterocycles. The summed E-state index contributed by atoms with van der Waals surface area (Å²) in [6.45, 7) is 6.54. The third-order valence-electron chi connectivity index (χ3n) is 6.27. The Hall–Kier alpha value is -3.40. The van der Waals surface area contributed by atoms with Crippen LogP contribution in [0.5, 0.6) is 5.75 Å². The van der Waals surface area contributed by atoms with Gasteiger partial charge in [-0.1, -0.05) is 36.4 Å². The molecule has 0 unspecified atom stereocenters. The molecule has 3 aromatic carbocycles. The number of fused-ring (bicyclic) bond motifs is 1. The van der Waals surface area contributed by atoms with E-state index in [0.717, 1.165) is 10.9 Å². The molecule has 212 valence electrons. The van der Waals surface area contributed by atoms with E-state index in [2.05, 4.69) is 4.72 Å². The topological polar surface area (TPSA) is 83.8 Å². The summed E-state index contributed by atoms with van der Waals surface area (Å²) in [6.07, 6.45) is 1.60. The Labute approximate surface area is 236 Å². The van der Waals surface area contributed by atoms with E-state index in [9.17, 15) is 13.7 Å². The number of halogens is 2. The van der Waals surface area contributed by atoms with Crippen molar-refractivity contribution in [3.8, 4) is 16.9 Å². The zero-order valence-corrected chi connectivity index (χ0v) is 23.8. The van der Waals surface area contributed by atoms with Crippen molar-refractivity contribution in [3.63, 3.8) is 0 Å². The van der Waals surface area contributed by atoms with E-state index in [0.29, 0.717) is 29.1 Å². The normalized spacial score (nSPS) is 13.3. The van der Waals surface area contributed by atoms with E-state index in [4.69, 9.17) is 13.9 Å². The number of rotatable bonds is 11. The van der Waals surface area contributed by atoms with Gasteiger partial charge in [-0.25, -0.2) is 8.78 Å². The fourth-order valence-corrected chi connectivity index (χ4v) is 5.06. The van der Waals surface area contributed by atoms with Gasteiger partial charge in [0.1, 0.15) is 41.2 Å². The van der Waals surface area contributed by atoms with Gasteiger partial charge in [-0.3, -0.25) is 4.79 Å². The summed E-state index contributed by atoms with van der Waals surface area (Å²) in [7, 11) is 0. The predicted octanol–water partition coefficient (Wildman–Crippen LogP) is 6.99. The summed E-state index contributed by atoms with van der Waals surface area (Å²) in [5.41, 5.74) is 2.70. The number of furan rings is 1. The van der Waals surface area contributed by atoms with Gasteiger partial charge in [-0.05, 0) is 57.5 Å². The third-order valence-corrected chi connectivity index (χ3v) is 7.88. The van der Waals surface area contributed by atoms with Crippen molar-refractivity contribution in [3.05, 3.63) is 89.4 Å². The van der Waals surface area contributed by atoms with E-state index in [1.807, 2.05) is 18.2 Å². The zero-order chi connectivity index (χ0) is 28.9. The van der Waals surface area contributed by atoms with Crippen molar-refractivity contribution in [2.75, 3.05) is 13.3 Å². The van der Waals surface area contributed by atoms with Crippen LogP contribution in [0, 0.1) is 5.82 Å². The summed E-state index contributed by atoms with van der Waals surface area (Å²) >= 11 is -1.60. The van der Waals surface area contributed by atoms with E-state index in [-0.39, 0.29) is 30.1 Å². The van der Waals surface area contributed by atoms with Gasteiger partial charge in [-0.2, -0.15) is 0 Å². The summed E-state index contributed by atoms with van der Waals surface area (Å²) < 4.78 is 61.6. The molecule has 0 aliphatic heterocycles. The third kappa shape index (κ3) is 6.83. The van der Waals surface area contributed by atoms with Crippen LogP contribution in [0.15, 0.2) is 71.3 Å². The zero-order valence-electron chi connectivity index (χ0n) is 23.0. The number of ether oxygens (including phenoxy) is 2. The molecule has 4 aromatic rings. The first-order chi connectivity index (χ1) is 19.1. The number of hydrogen-bond donors (Lipinski definition) is 1. The van der Waals surface area contributed by atoms with Crippen LogP contribution in [0.1, 0.15) is 50.4 Å². The van der Waals surface area contributed by atoms with E-state index >= 15 is 4.39 Å². The molecule has 2 atom stereocenters. The highest BCUT2D eigenvalue weighted by Gasteiger charge is 2.31. The summed E-state index contributed by atoms with van der Waals surface area (Å²) in [5.74, 6) is -0.427. The molecule has 9 heteroatoms. The van der Waals surface area contributed by atoms with Gasteiger partial charge in [0.15, 0.2) is 0 Å². The molecule has 0 aliphatic rings. The first-order valence-corrected chi connectivity index (χ1v) is 14.2. The minimum absolute atomic E-state index is 0.0758. The molecule has 1 N–H and O–H groups in total. The molecule has 0 fully saturated rings. The molecule has 0 radical (unpaired) electrons. The van der Waals surface area contributed by atoms with Crippen LogP contribution in [-0.4, -0.2) is 28.6 Å². The number of carbonyl (C=O) groups excluding carboxylic acids is 1. The van der Waals surface area contributed by atoms with Crippen LogP contribution in [0.3, 0.4) is 0 Å². The highest BCUT2D eigenvalue weighted by Crippen LogP contribution is 2.36. The van der Waals surface area contributed by atoms with Crippen LogP contribution >= 0.6 is 0 Å². The van der Waals surface area contributed by atoms with Crippen molar-refractivity contribution < 1.29 is 32.0 Å². The van der Waals surface area contributed by atoms with E-state index in [1.54, 1.807) is 64.1 Å². The van der Waals surface area contributed by atoms with Crippen LogP contribution in [0.4, 0.5) is 8.78 Å². The molecule has 0 bridgehead atoms. The lowest BCUT2D eigenvalue weighted by Gasteiger charge is -2.27. The molecule has 0 amide bonds. The first-order valence-electron chi connectivity index (χ1n) is 13.0. The van der Waals surface area contributed by atoms with Gasteiger partial charge in [0.2, 0.25) is 0 Å². The molecule has 6 nitrogen and oxygen atoms in total. The monoisotopic (exact) mass is 569 g/mol. The Kier molecular flexibility index (Phi) is 9.50. The maximum Gasteiger partial charge on any atom is 0.310 e. The Morgan fingerprint density at radius 3 is 2.60 bits per heavy atom. The van der Waals surface area contributed by atoms with Gasteiger partial charge in [0.25, 0.3) is 0 Å². The van der Waals surface area contributed by atoms with Gasteiger partial charge >= 0.3 is 5.97 Å². The van der Waals surface area contributed by atoms with Gasteiger partial charge in [0.05, 0.1) is 19.3 Å². The van der Waals surface area contributed by atoms with Crippen molar-refractivity contribution in [1.82, 2.24) is 4.72 Å². The number of para-hydroxylation sites is 1. The molecular weight excluding hydrogens is 536 g/mol. The number of carbonyl (C=O) groups is 1. The van der Waals surface area contributed by atoms with Crippen LogP contribution in [0.2, 0.25) is 0 Å². The molecular formula is C31H33F2NO5S. The molecule has 0 saturated heterocycles. The summed E-state index contributed by atoms with van der Waals surface area (Å²) in [5, 5.41) is 0.745. The number of esters is 1. The SMILES string of the molecule is CCOC(=O)Cc1ccccc1OCc1cc(-c2cccc([C@@H](CF)N[S@@+]([O-])C(C)(C)C)c2F)c2occc2c1. The molecule has 1 aromatic heterocycles. The molecule has 0 aliphatic carbocycles. The Morgan fingerprint density at radius 2 is 1.88 bits per heavy atom. The largest absolute Gasteiger partial charge is 0.598 e. The predicted molar refractivity (Wildman–Crippen MR) is 152 cm³/mol. The lowest BCUT2D eigenvalue weighted by atomic mass is 9.96. The lowest BCUT2D eigenvalue weighted by Crippen LogP contribution is -2.42. The summed E-state index contributed by atoms with van der Waals surface area (Å²) in [6, 6.07) is 16.3. The fourth-order valence-electron chi connectivity index (χ4n) is 4.26. The fraction of sp³-hybridized carbons (Fsp3) is 0.323. The van der Waals surface area contributed by atoms with Crippen LogP contribution in [0.25, 0.3) is 22.1 Å². The minimum Gasteiger partial charge on any atom is -0.598 e. The van der Waals surface area contributed by atoms with Crippen molar-refractivity contribution >= 4 is 28.3 Å². The Morgan fingerprint density at radius 1 is 1.10 bits per heavy atom. The van der Waals surface area contributed by atoms with Crippen molar-refractivity contribution in [2.45, 2.75) is 51.5 Å². The minimum atomic E-state index is -1.60. The quantitative estimate of drug-likeness (QED) is 0.155. The van der Waals surface area contributed by atoms with Gasteiger partial charge < -0.3 is 18.4 Å². The highest BCUT2D eigenvalue weighted by molar-refractivity contribution is 7.90. The average Bonchev–Trinajstić information content (AvgIpc) is 3.39. The molecule has 4 rings (SSSR count). The molecule has 40 heavy (non-hydrogen) atoms. The second kappa shape index (κ2) is 12.8. The van der Waals surface area contributed by atoms with Crippen LogP contribution in [-0.2, 0) is 33.9 Å². The second-order valence-corrected chi connectivity index (χ2v) is 12.3. The van der Waals surface area contributed by atoms with E-state index in [1.165, 1.54) is 12.3 Å². The van der Waals surface area contributed by atoms with Crippen LogP contribution < -0.4 is 9.46 Å². The smallest absolute Gasteiger partial charge is 0.310 e. The number of benzene rings is 3. The maximum atomic E-state index is 16.0. The Bertz CT molecular complexity index is 1470. The molecule has 0 spiro atoms. The Balaban J connectivity index is 1.65. The standard InChI is InChI=1S/C31H33F2NO5S/c1-5-37-28(35)17-21-9-6-7-12-27(21)39-19-20-15-22-13-14-38-30(22)25(16-20)23-10-8-11-24(29(23)33)26(18-32)34-40(36)31(2,3)4/h6-16,26,34H,5,17-19H2,1-4H3/t26-,40+/m1/s1. The second-order valence-electron chi connectivity index (χ2n) is 10.3. The number of hydrogen-bond acceptors (Lipinski definition) is 6. The summed E-state index contributed by atoms with van der Waals surface area (Å²) in [4.78, 5) is 12.0. The number of alkyl halides is 1. The molecule has 0 saturated carbocycles. The van der Waals surface area contributed by atoms with Gasteiger partial charge in [-0.15, -0.1) is 4.72 Å². The van der Waals surface area contributed by atoms with E-state index < -0.39 is 34.6 Å². The van der Waals surface area contributed by atoms with Gasteiger partial charge in [0, 0.05) is 39.0 Å². The lowest BCUT2D eigenvalue weighted by molar-refractivity contribution is -0.142. The highest BCUT2D eigenvalue weighted by atomic mass is 32.2. The average molecular weight is 570 g/mol. The van der Waals surface area contributed by atoms with Crippen molar-refractivity contribution in [1.29, 1.82) is 0 Å². The van der Waals surface area contributed by atoms with Crippen molar-refractivity contribution in [2.24, 2.45) is 0 Å². The maximum absolute atomic E-state index is 16.0. The first kappa shape index (κ1) is 29.6. The number of nitrogens with one attached hydrogen (secondary N) is 1.